The van der Waals surface area contributed by atoms with Crippen molar-refractivity contribution in [3.63, 3.8) is 0 Å². The zero-order valence-electron chi connectivity index (χ0n) is 6.27. The van der Waals surface area contributed by atoms with Crippen molar-refractivity contribution < 1.29 is 0 Å². The minimum atomic E-state index is 0. The predicted molar refractivity (Wildman–Crippen MR) is 57.0 cm³/mol. The van der Waals surface area contributed by atoms with E-state index in [4.69, 9.17) is 5.84 Å². The molecule has 3 N–H and O–H groups in total. The zero-order chi connectivity index (χ0) is 6.53. The Morgan fingerprint density at radius 2 is 1.92 bits per heavy atom. The van der Waals surface area contributed by atoms with Crippen LogP contribution in [0.2, 0.25) is 0 Å². The molecule has 3 nitrogen and oxygen atoms in total. The molecule has 72 valence electrons. The van der Waals surface area contributed by atoms with E-state index in [1.807, 2.05) is 18.2 Å². The Balaban J connectivity index is -0.000000270. The lowest BCUT2D eigenvalue weighted by Crippen LogP contribution is -2.21. The van der Waals surface area contributed by atoms with Gasteiger partial charge >= 0.3 is 0 Å². The van der Waals surface area contributed by atoms with Gasteiger partial charge in [-0.25, -0.2) is 0 Å². The van der Waals surface area contributed by atoms with E-state index in [9.17, 15) is 0 Å². The first-order valence-electron chi connectivity index (χ1n) is 2.77. The number of hydrogen-bond acceptors (Lipinski definition) is 3. The third-order valence-corrected chi connectivity index (χ3v) is 1.01. The Labute approximate surface area is 90.3 Å². The fraction of sp³-hybridized carbons (Fsp3) is 0.167. The molecular weight excluding hydrogens is 220 g/mol. The Morgan fingerprint density at radius 3 is 2.33 bits per heavy atom. The molecule has 1 rings (SSSR count). The molecule has 0 atom stereocenters. The predicted octanol–water partition coefficient (Wildman–Crippen LogP) is 1.31. The molecule has 0 aromatic carbocycles. The Bertz CT molecular complexity index is 171. The van der Waals surface area contributed by atoms with Gasteiger partial charge in [-0.2, -0.15) is 0 Å². The molecule has 1 aromatic rings. The number of hydrazine groups is 1. The Kier molecular flexibility index (Phi) is 16.3. The summed E-state index contributed by atoms with van der Waals surface area (Å²) in [7, 11) is 0. The Morgan fingerprint density at radius 1 is 1.25 bits per heavy atom. The maximum Gasteiger partial charge on any atom is 0.0555 e. The fourth-order valence-corrected chi connectivity index (χ4v) is 0.607. The number of nitrogens with one attached hydrogen (secondary N) is 1. The van der Waals surface area contributed by atoms with Gasteiger partial charge in [-0.1, -0.05) is 6.07 Å². The molecule has 0 radical (unpaired) electrons. The summed E-state index contributed by atoms with van der Waals surface area (Å²) in [6, 6.07) is 5.72. The summed E-state index contributed by atoms with van der Waals surface area (Å²) < 4.78 is 0. The summed E-state index contributed by atoms with van der Waals surface area (Å²) in [5.74, 6) is 5.07. The second-order valence-electron chi connectivity index (χ2n) is 1.70. The third-order valence-electron chi connectivity index (χ3n) is 1.01. The van der Waals surface area contributed by atoms with Crippen molar-refractivity contribution >= 4 is 37.2 Å². The molecule has 0 saturated carbocycles. The van der Waals surface area contributed by atoms with Crippen molar-refractivity contribution in [3.05, 3.63) is 30.1 Å². The van der Waals surface area contributed by atoms with Crippen molar-refractivity contribution in [3.8, 4) is 0 Å². The van der Waals surface area contributed by atoms with E-state index in [0.29, 0.717) is 6.54 Å². The van der Waals surface area contributed by atoms with Crippen molar-refractivity contribution in [2.45, 2.75) is 6.54 Å². The molecule has 12 heavy (non-hydrogen) atoms. The minimum absolute atomic E-state index is 0. The largest absolute Gasteiger partial charge is 0.271 e. The van der Waals surface area contributed by atoms with E-state index in [0.717, 1.165) is 5.69 Å². The van der Waals surface area contributed by atoms with Gasteiger partial charge in [-0.15, -0.1) is 37.2 Å². The average Bonchev–Trinajstić information content (AvgIpc) is 1.91. The highest BCUT2D eigenvalue weighted by molar-refractivity contribution is 5.86. The van der Waals surface area contributed by atoms with Gasteiger partial charge in [0, 0.05) is 6.20 Å². The van der Waals surface area contributed by atoms with Gasteiger partial charge in [-0.05, 0) is 12.1 Å². The second-order valence-corrected chi connectivity index (χ2v) is 1.70. The minimum Gasteiger partial charge on any atom is -0.271 e. The standard InChI is InChI=1S/C6H9N3.3ClH/c7-9-5-6-3-1-2-4-8-6;;;/h1-4,9H,5,7H2;3*1H. The smallest absolute Gasteiger partial charge is 0.0555 e. The van der Waals surface area contributed by atoms with Crippen molar-refractivity contribution in [1.82, 2.24) is 10.4 Å². The molecule has 0 aliphatic carbocycles. The number of rotatable bonds is 2. The van der Waals surface area contributed by atoms with Crippen LogP contribution >= 0.6 is 37.2 Å². The zero-order valence-corrected chi connectivity index (χ0v) is 8.72. The Hall–Kier alpha value is -0.0600. The fourth-order valence-electron chi connectivity index (χ4n) is 0.607. The maximum atomic E-state index is 5.07. The number of aromatic nitrogens is 1. The molecule has 0 bridgehead atoms. The lowest BCUT2D eigenvalue weighted by atomic mass is 10.4. The van der Waals surface area contributed by atoms with E-state index in [2.05, 4.69) is 10.4 Å². The number of hydrogen-bond donors (Lipinski definition) is 2. The summed E-state index contributed by atoms with van der Waals surface area (Å²) in [4.78, 5) is 4.03. The first kappa shape index (κ1) is 17.9. The molecule has 0 unspecified atom stereocenters. The molecule has 1 aromatic heterocycles. The van der Waals surface area contributed by atoms with Gasteiger partial charge in [-0.3, -0.25) is 16.3 Å². The van der Waals surface area contributed by atoms with E-state index in [1.165, 1.54) is 0 Å². The first-order valence-corrected chi connectivity index (χ1v) is 2.77. The van der Waals surface area contributed by atoms with Crippen molar-refractivity contribution in [2.75, 3.05) is 0 Å². The second kappa shape index (κ2) is 10.9. The number of nitrogens with zero attached hydrogens (tertiary/aromatic N) is 1. The highest BCUT2D eigenvalue weighted by atomic mass is 35.5. The van der Waals surface area contributed by atoms with E-state index in [1.54, 1.807) is 6.20 Å². The summed E-state index contributed by atoms with van der Waals surface area (Å²) in [6.07, 6.45) is 1.74. The summed E-state index contributed by atoms with van der Waals surface area (Å²) in [6.45, 7) is 0.626. The van der Waals surface area contributed by atoms with Crippen LogP contribution in [0.4, 0.5) is 0 Å². The molecule has 0 amide bonds. The normalized spacial score (nSPS) is 7.08. The summed E-state index contributed by atoms with van der Waals surface area (Å²) in [5, 5.41) is 0. The maximum absolute atomic E-state index is 5.07. The molecule has 0 aliphatic heterocycles. The number of nitrogens with two attached hydrogens (primary N) is 1. The number of halogens is 3. The van der Waals surface area contributed by atoms with Crippen LogP contribution in [0.15, 0.2) is 24.4 Å². The van der Waals surface area contributed by atoms with Gasteiger partial charge in [0.05, 0.1) is 12.2 Å². The molecule has 0 spiro atoms. The van der Waals surface area contributed by atoms with Crippen LogP contribution in [0, 0.1) is 0 Å². The van der Waals surface area contributed by atoms with Crippen LogP contribution in [0.5, 0.6) is 0 Å². The van der Waals surface area contributed by atoms with Crippen molar-refractivity contribution in [2.24, 2.45) is 5.84 Å². The van der Waals surface area contributed by atoms with Gasteiger partial charge in [0.1, 0.15) is 0 Å². The summed E-state index contributed by atoms with van der Waals surface area (Å²) >= 11 is 0. The van der Waals surface area contributed by atoms with Gasteiger partial charge in [0.2, 0.25) is 0 Å². The van der Waals surface area contributed by atoms with Crippen LogP contribution in [-0.4, -0.2) is 4.98 Å². The molecule has 0 fully saturated rings. The monoisotopic (exact) mass is 231 g/mol. The third kappa shape index (κ3) is 6.64. The molecule has 0 saturated heterocycles. The highest BCUT2D eigenvalue weighted by Gasteiger charge is 1.85. The van der Waals surface area contributed by atoms with Crippen molar-refractivity contribution in [1.29, 1.82) is 0 Å². The average molecular weight is 233 g/mol. The van der Waals surface area contributed by atoms with Gasteiger partial charge < -0.3 is 0 Å². The SMILES string of the molecule is Cl.Cl.Cl.NNCc1ccccn1. The number of pyridine rings is 1. The van der Waals surface area contributed by atoms with Gasteiger partial charge in [0.15, 0.2) is 0 Å². The van der Waals surface area contributed by atoms with Crippen LogP contribution in [-0.2, 0) is 6.54 Å². The van der Waals surface area contributed by atoms with E-state index in [-0.39, 0.29) is 37.2 Å². The topological polar surface area (TPSA) is 50.9 Å². The van der Waals surface area contributed by atoms with E-state index >= 15 is 0 Å². The summed E-state index contributed by atoms with van der Waals surface area (Å²) in [5.41, 5.74) is 3.48. The van der Waals surface area contributed by atoms with Crippen LogP contribution < -0.4 is 11.3 Å². The molecule has 6 heteroatoms. The lowest BCUT2D eigenvalue weighted by Gasteiger charge is -1.94. The molecular formula is C6H12Cl3N3. The van der Waals surface area contributed by atoms with E-state index < -0.39 is 0 Å². The molecule has 0 aliphatic rings. The highest BCUT2D eigenvalue weighted by Crippen LogP contribution is 1.89. The molecule has 1 heterocycles. The van der Waals surface area contributed by atoms with Crippen LogP contribution in [0.3, 0.4) is 0 Å². The first-order chi connectivity index (χ1) is 4.43. The van der Waals surface area contributed by atoms with Gasteiger partial charge in [0.25, 0.3) is 0 Å². The quantitative estimate of drug-likeness (QED) is 0.597. The van der Waals surface area contributed by atoms with Crippen LogP contribution in [0.1, 0.15) is 5.69 Å². The van der Waals surface area contributed by atoms with Crippen LogP contribution in [0.25, 0.3) is 0 Å². The lowest BCUT2D eigenvalue weighted by molar-refractivity contribution is 0.723.